The largest absolute Gasteiger partial charge is 0.476 e. The van der Waals surface area contributed by atoms with E-state index in [1.807, 2.05) is 6.92 Å². The number of hydrogen-bond acceptors (Lipinski definition) is 6. The van der Waals surface area contributed by atoms with Crippen LogP contribution in [0.2, 0.25) is 0 Å². The summed E-state index contributed by atoms with van der Waals surface area (Å²) < 4.78 is 6.75. The maximum atomic E-state index is 10.6. The van der Waals surface area contributed by atoms with Crippen molar-refractivity contribution in [2.45, 2.75) is 20.0 Å². The minimum Gasteiger partial charge on any atom is -0.476 e. The van der Waals surface area contributed by atoms with E-state index >= 15 is 0 Å². The highest BCUT2D eigenvalue weighted by Crippen LogP contribution is 2.00. The number of aryl methyl sites for hydroxylation is 1. The molecule has 0 amide bonds. The molecule has 0 aliphatic heterocycles. The van der Waals surface area contributed by atoms with Crippen molar-refractivity contribution in [2.75, 3.05) is 6.54 Å². The molecule has 2 aromatic rings. The van der Waals surface area contributed by atoms with Gasteiger partial charge in [0.1, 0.15) is 5.76 Å². The monoisotopic (exact) mass is 251 g/mol. The summed E-state index contributed by atoms with van der Waals surface area (Å²) in [4.78, 5) is 14.6. The smallest absolute Gasteiger partial charge is 0.358 e. The summed E-state index contributed by atoms with van der Waals surface area (Å²) in [6, 6.07) is 0. The number of carbonyl (C=O) groups is 1. The lowest BCUT2D eigenvalue weighted by Gasteiger charge is -2.01. The van der Waals surface area contributed by atoms with E-state index in [9.17, 15) is 4.79 Å². The minimum atomic E-state index is -1.08. The third kappa shape index (κ3) is 3.14. The van der Waals surface area contributed by atoms with Gasteiger partial charge in [-0.1, -0.05) is 5.21 Å². The zero-order valence-corrected chi connectivity index (χ0v) is 9.83. The van der Waals surface area contributed by atoms with E-state index in [4.69, 9.17) is 9.52 Å². The van der Waals surface area contributed by atoms with E-state index in [-0.39, 0.29) is 5.69 Å². The molecule has 0 spiro atoms. The highest BCUT2D eigenvalue weighted by Gasteiger charge is 2.07. The molecule has 2 aromatic heterocycles. The SMILES string of the molecule is Cc1cnc(CNCCn2cc(C(=O)O)nn2)o1. The average Bonchev–Trinajstić information content (AvgIpc) is 2.93. The molecule has 0 aliphatic rings. The lowest BCUT2D eigenvalue weighted by atomic mass is 10.5. The zero-order valence-electron chi connectivity index (χ0n) is 9.83. The van der Waals surface area contributed by atoms with Crippen molar-refractivity contribution in [1.29, 1.82) is 0 Å². The molecule has 0 fully saturated rings. The summed E-state index contributed by atoms with van der Waals surface area (Å²) in [6.07, 6.45) is 3.05. The van der Waals surface area contributed by atoms with E-state index in [1.54, 1.807) is 6.20 Å². The summed E-state index contributed by atoms with van der Waals surface area (Å²) in [6.45, 7) is 3.50. The van der Waals surface area contributed by atoms with Gasteiger partial charge in [0.15, 0.2) is 5.69 Å². The topological polar surface area (TPSA) is 106 Å². The maximum Gasteiger partial charge on any atom is 0.358 e. The number of nitrogens with one attached hydrogen (secondary N) is 1. The van der Waals surface area contributed by atoms with Crippen molar-refractivity contribution in [3.63, 3.8) is 0 Å². The van der Waals surface area contributed by atoms with Crippen molar-refractivity contribution in [1.82, 2.24) is 25.3 Å². The standard InChI is InChI=1S/C10H13N5O3/c1-7-4-12-9(18-7)5-11-2-3-15-6-8(10(16)17)13-14-15/h4,6,11H,2-3,5H2,1H3,(H,16,17). The molecule has 2 heterocycles. The van der Waals surface area contributed by atoms with Crippen molar-refractivity contribution in [3.8, 4) is 0 Å². The van der Waals surface area contributed by atoms with Crippen LogP contribution < -0.4 is 5.32 Å². The first kappa shape index (κ1) is 12.2. The van der Waals surface area contributed by atoms with Crippen LogP contribution in [0.1, 0.15) is 22.1 Å². The molecule has 0 saturated carbocycles. The molecular weight excluding hydrogens is 238 g/mol. The predicted molar refractivity (Wildman–Crippen MR) is 59.9 cm³/mol. The van der Waals surface area contributed by atoms with Gasteiger partial charge >= 0.3 is 5.97 Å². The van der Waals surface area contributed by atoms with Crippen LogP contribution in [0.3, 0.4) is 0 Å². The molecule has 2 rings (SSSR count). The van der Waals surface area contributed by atoms with Gasteiger partial charge in [0, 0.05) is 6.54 Å². The Kier molecular flexibility index (Phi) is 3.68. The summed E-state index contributed by atoms with van der Waals surface area (Å²) in [5, 5.41) is 19.0. The Morgan fingerprint density at radius 3 is 3.06 bits per heavy atom. The molecule has 0 unspecified atom stereocenters. The van der Waals surface area contributed by atoms with Gasteiger partial charge in [-0.2, -0.15) is 0 Å². The molecule has 0 aromatic carbocycles. The molecule has 2 N–H and O–H groups in total. The fourth-order valence-corrected chi connectivity index (χ4v) is 1.38. The van der Waals surface area contributed by atoms with Gasteiger partial charge < -0.3 is 14.8 Å². The molecule has 0 aliphatic carbocycles. The van der Waals surface area contributed by atoms with Gasteiger partial charge in [0.05, 0.1) is 25.5 Å². The van der Waals surface area contributed by atoms with Crippen LogP contribution >= 0.6 is 0 Å². The lowest BCUT2D eigenvalue weighted by molar-refractivity contribution is 0.0690. The van der Waals surface area contributed by atoms with Crippen molar-refractivity contribution >= 4 is 5.97 Å². The van der Waals surface area contributed by atoms with Gasteiger partial charge in [0.2, 0.25) is 5.89 Å². The van der Waals surface area contributed by atoms with Gasteiger partial charge in [0.25, 0.3) is 0 Å². The minimum absolute atomic E-state index is 0.0571. The summed E-state index contributed by atoms with van der Waals surface area (Å²) in [7, 11) is 0. The number of aromatic carboxylic acids is 1. The van der Waals surface area contributed by atoms with Crippen molar-refractivity contribution in [2.24, 2.45) is 0 Å². The molecule has 0 atom stereocenters. The Morgan fingerprint density at radius 2 is 2.44 bits per heavy atom. The Balaban J connectivity index is 1.73. The van der Waals surface area contributed by atoms with Crippen LogP contribution in [0, 0.1) is 6.92 Å². The van der Waals surface area contributed by atoms with E-state index in [2.05, 4.69) is 20.6 Å². The van der Waals surface area contributed by atoms with Crippen LogP contribution in [0.5, 0.6) is 0 Å². The van der Waals surface area contributed by atoms with E-state index < -0.39 is 5.97 Å². The maximum absolute atomic E-state index is 10.6. The van der Waals surface area contributed by atoms with E-state index in [1.165, 1.54) is 10.9 Å². The van der Waals surface area contributed by atoms with Gasteiger partial charge in [-0.15, -0.1) is 5.10 Å². The Bertz CT molecular complexity index is 533. The van der Waals surface area contributed by atoms with Crippen molar-refractivity contribution in [3.05, 3.63) is 29.7 Å². The van der Waals surface area contributed by atoms with E-state index in [0.717, 1.165) is 5.76 Å². The third-order valence-corrected chi connectivity index (χ3v) is 2.22. The normalized spacial score (nSPS) is 10.7. The number of hydrogen-bond donors (Lipinski definition) is 2. The second-order valence-corrected chi connectivity index (χ2v) is 3.71. The number of carboxylic acid groups (broad SMARTS) is 1. The lowest BCUT2D eigenvalue weighted by Crippen LogP contribution is -2.20. The second-order valence-electron chi connectivity index (χ2n) is 3.71. The van der Waals surface area contributed by atoms with Gasteiger partial charge in [-0.25, -0.2) is 9.78 Å². The first-order valence-corrected chi connectivity index (χ1v) is 5.40. The average molecular weight is 251 g/mol. The Morgan fingerprint density at radius 1 is 1.61 bits per heavy atom. The summed E-state index contributed by atoms with van der Waals surface area (Å²) in [5.74, 6) is 0.316. The molecule has 0 bridgehead atoms. The molecule has 0 saturated heterocycles. The van der Waals surface area contributed by atoms with Crippen molar-refractivity contribution < 1.29 is 14.3 Å². The fourth-order valence-electron chi connectivity index (χ4n) is 1.38. The Hall–Kier alpha value is -2.22. The second kappa shape index (κ2) is 5.41. The third-order valence-electron chi connectivity index (χ3n) is 2.22. The highest BCUT2D eigenvalue weighted by atomic mass is 16.4. The number of nitrogens with zero attached hydrogens (tertiary/aromatic N) is 4. The van der Waals surface area contributed by atoms with Crippen LogP contribution in [0.25, 0.3) is 0 Å². The zero-order chi connectivity index (χ0) is 13.0. The van der Waals surface area contributed by atoms with Gasteiger partial charge in [-0.3, -0.25) is 4.68 Å². The van der Waals surface area contributed by atoms with Crippen LogP contribution in [0.4, 0.5) is 0 Å². The van der Waals surface area contributed by atoms with Crippen LogP contribution in [0.15, 0.2) is 16.8 Å². The summed E-state index contributed by atoms with van der Waals surface area (Å²) in [5.41, 5.74) is -0.0571. The van der Waals surface area contributed by atoms with Crippen LogP contribution in [-0.4, -0.2) is 37.6 Å². The number of aromatic nitrogens is 4. The number of carboxylic acids is 1. The molecular formula is C10H13N5O3. The molecule has 96 valence electrons. The Labute approximate surface area is 103 Å². The summed E-state index contributed by atoms with van der Waals surface area (Å²) >= 11 is 0. The molecule has 18 heavy (non-hydrogen) atoms. The van der Waals surface area contributed by atoms with Gasteiger partial charge in [-0.05, 0) is 6.92 Å². The first-order chi connectivity index (χ1) is 8.65. The molecule has 0 radical (unpaired) electrons. The fraction of sp³-hybridized carbons (Fsp3) is 0.400. The quantitative estimate of drug-likeness (QED) is 0.699. The predicted octanol–water partition coefficient (Wildman–Crippen LogP) is 0.0625. The number of rotatable bonds is 6. The van der Waals surface area contributed by atoms with E-state index in [0.29, 0.717) is 25.5 Å². The molecule has 8 heteroatoms. The van der Waals surface area contributed by atoms with Crippen LogP contribution in [-0.2, 0) is 13.1 Å². The molecule has 8 nitrogen and oxygen atoms in total. The number of oxazole rings is 1. The first-order valence-electron chi connectivity index (χ1n) is 5.40. The highest BCUT2D eigenvalue weighted by molar-refractivity contribution is 5.84.